The minimum absolute atomic E-state index is 0.587. The van der Waals surface area contributed by atoms with Crippen molar-refractivity contribution in [3.63, 3.8) is 0 Å². The van der Waals surface area contributed by atoms with Crippen molar-refractivity contribution in [1.82, 2.24) is 9.97 Å². The maximum atomic E-state index is 5.47. The van der Waals surface area contributed by atoms with E-state index in [1.807, 2.05) is 18.7 Å². The fourth-order valence-corrected chi connectivity index (χ4v) is 2.11. The Kier molecular flexibility index (Phi) is 5.02. The van der Waals surface area contributed by atoms with Gasteiger partial charge in [0.2, 0.25) is 0 Å². The van der Waals surface area contributed by atoms with Crippen LogP contribution in [-0.4, -0.2) is 15.2 Å². The average Bonchev–Trinajstić information content (AvgIpc) is 2.25. The van der Waals surface area contributed by atoms with E-state index in [1.165, 1.54) is 0 Å². The van der Waals surface area contributed by atoms with Crippen molar-refractivity contribution in [3.8, 4) is 0 Å². The summed E-state index contributed by atoms with van der Waals surface area (Å²) in [5, 5.41) is 0.587. The first-order valence-electron chi connectivity index (χ1n) is 5.53. The lowest BCUT2D eigenvalue weighted by Gasteiger charge is -2.11. The highest BCUT2D eigenvalue weighted by molar-refractivity contribution is 7.99. The van der Waals surface area contributed by atoms with Gasteiger partial charge in [-0.1, -0.05) is 20.8 Å². The molecule has 90 valence electrons. The molecule has 0 aliphatic heterocycles. The van der Waals surface area contributed by atoms with Gasteiger partial charge >= 0.3 is 0 Å². The van der Waals surface area contributed by atoms with Crippen LogP contribution in [0, 0.1) is 6.92 Å². The summed E-state index contributed by atoms with van der Waals surface area (Å²) in [5.41, 5.74) is 4.77. The third kappa shape index (κ3) is 3.35. The Balaban J connectivity index is 2.92. The second kappa shape index (κ2) is 6.06. The lowest BCUT2D eigenvalue weighted by atomic mass is 10.2. The van der Waals surface area contributed by atoms with Crippen molar-refractivity contribution in [3.05, 3.63) is 17.1 Å². The molecule has 0 atom stereocenters. The third-order valence-corrected chi connectivity index (χ3v) is 3.39. The molecule has 0 fully saturated rings. The molecule has 0 amide bonds. The molecule has 0 aliphatic rings. The van der Waals surface area contributed by atoms with Gasteiger partial charge in [-0.05, 0) is 18.6 Å². The van der Waals surface area contributed by atoms with Crippen LogP contribution >= 0.6 is 11.8 Å². The number of hydrazine groups is 1. The molecule has 1 aromatic rings. The van der Waals surface area contributed by atoms with Gasteiger partial charge in [-0.25, -0.2) is 15.8 Å². The average molecular weight is 240 g/mol. The minimum Gasteiger partial charge on any atom is -0.308 e. The van der Waals surface area contributed by atoms with Gasteiger partial charge in [-0.3, -0.25) is 0 Å². The van der Waals surface area contributed by atoms with Crippen LogP contribution < -0.4 is 11.3 Å². The van der Waals surface area contributed by atoms with Gasteiger partial charge in [-0.15, -0.1) is 0 Å². The second-order valence-corrected chi connectivity index (χ2v) is 5.47. The van der Waals surface area contributed by atoms with E-state index in [0.717, 1.165) is 35.1 Å². The van der Waals surface area contributed by atoms with Crippen molar-refractivity contribution in [2.24, 2.45) is 5.84 Å². The van der Waals surface area contributed by atoms with Crippen LogP contribution in [0.15, 0.2) is 0 Å². The number of hydrogen-bond donors (Lipinski definition) is 2. The van der Waals surface area contributed by atoms with Gasteiger partial charge in [0.1, 0.15) is 11.6 Å². The Morgan fingerprint density at radius 2 is 2.06 bits per heavy atom. The molecule has 0 saturated heterocycles. The fourth-order valence-electron chi connectivity index (χ4n) is 1.50. The number of aromatic nitrogens is 2. The summed E-state index contributed by atoms with van der Waals surface area (Å²) >= 11 is 1.83. The molecule has 0 unspecified atom stereocenters. The summed E-state index contributed by atoms with van der Waals surface area (Å²) in [4.78, 5) is 8.92. The zero-order valence-corrected chi connectivity index (χ0v) is 11.2. The van der Waals surface area contributed by atoms with Crippen LogP contribution in [0.1, 0.15) is 37.9 Å². The molecule has 0 aliphatic carbocycles. The van der Waals surface area contributed by atoms with E-state index in [4.69, 9.17) is 5.84 Å². The Bertz CT molecular complexity index is 352. The molecule has 1 heterocycles. The highest BCUT2D eigenvalue weighted by Crippen LogP contribution is 2.20. The summed E-state index contributed by atoms with van der Waals surface area (Å²) in [5.74, 6) is 7.91. The Labute approximate surface area is 101 Å². The number of aryl methyl sites for hydroxylation is 1. The predicted molar refractivity (Wildman–Crippen MR) is 70.4 cm³/mol. The SMILES string of the molecule is CCc1c(C)nc(CSC(C)C)nc1NN. The zero-order valence-electron chi connectivity index (χ0n) is 10.4. The molecule has 16 heavy (non-hydrogen) atoms. The van der Waals surface area contributed by atoms with E-state index in [-0.39, 0.29) is 0 Å². The highest BCUT2D eigenvalue weighted by Gasteiger charge is 2.09. The second-order valence-electron chi connectivity index (χ2n) is 3.91. The van der Waals surface area contributed by atoms with Crippen molar-refractivity contribution in [1.29, 1.82) is 0 Å². The summed E-state index contributed by atoms with van der Waals surface area (Å²) in [6, 6.07) is 0. The Morgan fingerprint density at radius 1 is 1.38 bits per heavy atom. The number of thioether (sulfide) groups is 1. The first kappa shape index (κ1) is 13.3. The van der Waals surface area contributed by atoms with E-state index in [9.17, 15) is 0 Å². The number of nitrogens with one attached hydrogen (secondary N) is 1. The van der Waals surface area contributed by atoms with E-state index in [1.54, 1.807) is 0 Å². The monoisotopic (exact) mass is 240 g/mol. The highest BCUT2D eigenvalue weighted by atomic mass is 32.2. The van der Waals surface area contributed by atoms with Crippen LogP contribution in [0.5, 0.6) is 0 Å². The van der Waals surface area contributed by atoms with Crippen LogP contribution in [0.4, 0.5) is 5.82 Å². The molecule has 1 aromatic heterocycles. The van der Waals surface area contributed by atoms with Gasteiger partial charge in [0.05, 0.1) is 5.75 Å². The van der Waals surface area contributed by atoms with E-state index in [0.29, 0.717) is 5.25 Å². The lowest BCUT2D eigenvalue weighted by molar-refractivity contribution is 0.933. The van der Waals surface area contributed by atoms with Crippen LogP contribution in [0.2, 0.25) is 0 Å². The molecular formula is C11H20N4S. The molecule has 0 saturated carbocycles. The number of nitrogens with zero attached hydrogens (tertiary/aromatic N) is 2. The summed E-state index contributed by atoms with van der Waals surface area (Å²) in [7, 11) is 0. The molecule has 0 radical (unpaired) electrons. The molecule has 5 heteroatoms. The summed E-state index contributed by atoms with van der Waals surface area (Å²) in [6.45, 7) is 8.42. The minimum atomic E-state index is 0.587. The van der Waals surface area contributed by atoms with Crippen LogP contribution in [-0.2, 0) is 12.2 Å². The Morgan fingerprint density at radius 3 is 2.56 bits per heavy atom. The molecule has 0 bridgehead atoms. The molecule has 0 spiro atoms. The van der Waals surface area contributed by atoms with E-state index < -0.39 is 0 Å². The van der Waals surface area contributed by atoms with Crippen molar-refractivity contribution in [2.75, 3.05) is 5.43 Å². The van der Waals surface area contributed by atoms with Gasteiger partial charge in [0.25, 0.3) is 0 Å². The van der Waals surface area contributed by atoms with E-state index in [2.05, 4.69) is 36.2 Å². The normalized spacial score (nSPS) is 10.9. The quantitative estimate of drug-likeness (QED) is 0.610. The summed E-state index contributed by atoms with van der Waals surface area (Å²) in [6.07, 6.45) is 0.892. The lowest BCUT2D eigenvalue weighted by Crippen LogP contribution is -2.14. The maximum absolute atomic E-state index is 5.47. The van der Waals surface area contributed by atoms with E-state index >= 15 is 0 Å². The topological polar surface area (TPSA) is 63.8 Å². The first-order valence-corrected chi connectivity index (χ1v) is 6.58. The maximum Gasteiger partial charge on any atom is 0.147 e. The van der Waals surface area contributed by atoms with Gasteiger partial charge in [0, 0.05) is 11.3 Å². The predicted octanol–water partition coefficient (Wildman–Crippen LogP) is 2.27. The first-order chi connectivity index (χ1) is 7.58. The van der Waals surface area contributed by atoms with Gasteiger partial charge in [0.15, 0.2) is 0 Å². The van der Waals surface area contributed by atoms with Gasteiger partial charge in [-0.2, -0.15) is 11.8 Å². The molecular weight excluding hydrogens is 220 g/mol. The van der Waals surface area contributed by atoms with Crippen LogP contribution in [0.25, 0.3) is 0 Å². The fraction of sp³-hybridized carbons (Fsp3) is 0.636. The number of anilines is 1. The zero-order chi connectivity index (χ0) is 12.1. The summed E-state index contributed by atoms with van der Waals surface area (Å²) < 4.78 is 0. The standard InChI is InChI=1S/C11H20N4S/c1-5-9-8(4)13-10(6-16-7(2)3)14-11(9)15-12/h7H,5-6,12H2,1-4H3,(H,13,14,15). The van der Waals surface area contributed by atoms with Crippen molar-refractivity contribution in [2.45, 2.75) is 45.1 Å². The van der Waals surface area contributed by atoms with Crippen molar-refractivity contribution < 1.29 is 0 Å². The van der Waals surface area contributed by atoms with Crippen molar-refractivity contribution >= 4 is 17.6 Å². The number of rotatable bonds is 5. The molecule has 3 N–H and O–H groups in total. The molecule has 1 rings (SSSR count). The van der Waals surface area contributed by atoms with Gasteiger partial charge < -0.3 is 5.43 Å². The smallest absolute Gasteiger partial charge is 0.147 e. The third-order valence-electron chi connectivity index (χ3n) is 2.30. The number of nitrogen functional groups attached to an aromatic ring is 1. The number of nitrogens with two attached hydrogens (primary N) is 1. The van der Waals surface area contributed by atoms with Crippen LogP contribution in [0.3, 0.4) is 0 Å². The Hall–Kier alpha value is -0.810. The number of hydrogen-bond acceptors (Lipinski definition) is 5. The molecule has 0 aromatic carbocycles. The largest absolute Gasteiger partial charge is 0.308 e. The molecule has 4 nitrogen and oxygen atoms in total.